The number of esters is 1. The van der Waals surface area contributed by atoms with E-state index < -0.39 is 97.3 Å². The van der Waals surface area contributed by atoms with E-state index in [9.17, 15) is 44.3 Å². The number of sulfonamides is 1. The van der Waals surface area contributed by atoms with Crippen LogP contribution in [0.5, 0.6) is 5.75 Å². The Bertz CT molecular complexity index is 2360. The number of anilines is 1. The predicted octanol–water partition coefficient (Wildman–Crippen LogP) is 9.36. The monoisotopic (exact) mass is 855 g/mol. The van der Waals surface area contributed by atoms with Crippen LogP contribution in [-0.2, 0) is 44.2 Å². The van der Waals surface area contributed by atoms with Gasteiger partial charge in [-0.25, -0.2) is 35.2 Å². The molecule has 1 aliphatic carbocycles. The number of benzene rings is 3. The van der Waals surface area contributed by atoms with Crippen molar-refractivity contribution in [3.05, 3.63) is 117 Å². The van der Waals surface area contributed by atoms with E-state index in [1.165, 1.54) is 25.3 Å². The first-order valence-electron chi connectivity index (χ1n) is 18.1. The molecule has 1 saturated carbocycles. The van der Waals surface area contributed by atoms with Gasteiger partial charge < -0.3 is 14.4 Å². The van der Waals surface area contributed by atoms with Crippen LogP contribution in [0.25, 0.3) is 0 Å². The van der Waals surface area contributed by atoms with Crippen molar-refractivity contribution in [3.8, 4) is 5.75 Å². The minimum Gasteiger partial charge on any atom is -0.495 e. The second kappa shape index (κ2) is 16.5. The minimum absolute atomic E-state index is 0.0227. The summed E-state index contributed by atoms with van der Waals surface area (Å²) in [7, 11) is -4.85. The van der Waals surface area contributed by atoms with E-state index in [1.807, 2.05) is 32.9 Å². The number of carbonyl (C=O) groups excluding carboxylic acids is 2. The molecule has 5 rings (SSSR count). The molecule has 0 bridgehead atoms. The smallest absolute Gasteiger partial charge is 0.416 e. The van der Waals surface area contributed by atoms with Crippen molar-refractivity contribution in [1.82, 2.24) is 9.29 Å². The van der Waals surface area contributed by atoms with Crippen molar-refractivity contribution < 1.29 is 62.6 Å². The zero-order valence-electron chi connectivity index (χ0n) is 33.0. The number of halogens is 8. The molecule has 1 heterocycles. The maximum atomic E-state index is 15.2. The number of amides is 1. The number of carbonyl (C=O) groups is 2. The fourth-order valence-corrected chi connectivity index (χ4v) is 7.65. The highest BCUT2D eigenvalue weighted by atomic mass is 32.2. The molecule has 0 spiro atoms. The normalized spacial score (nSPS) is 13.8. The van der Waals surface area contributed by atoms with Gasteiger partial charge in [0.2, 0.25) is 21.7 Å². The van der Waals surface area contributed by atoms with Gasteiger partial charge >= 0.3 is 12.1 Å². The summed E-state index contributed by atoms with van der Waals surface area (Å²) < 4.78 is 155. The fraction of sp³-hybridized carbons (Fsp3) is 0.390. The van der Waals surface area contributed by atoms with E-state index in [1.54, 1.807) is 26.8 Å². The molecule has 1 amide bonds. The highest BCUT2D eigenvalue weighted by Gasteiger charge is 2.41. The Hall–Kier alpha value is -5.10. The van der Waals surface area contributed by atoms with Gasteiger partial charge in [-0.2, -0.15) is 17.5 Å². The number of ether oxygens (including phenoxy) is 2. The summed E-state index contributed by atoms with van der Waals surface area (Å²) in [6, 6.07) is 9.90. The summed E-state index contributed by atoms with van der Waals surface area (Å²) >= 11 is 0. The van der Waals surface area contributed by atoms with E-state index in [4.69, 9.17) is 9.47 Å². The van der Waals surface area contributed by atoms with Gasteiger partial charge in [0.05, 0.1) is 37.0 Å². The van der Waals surface area contributed by atoms with E-state index in [2.05, 4.69) is 4.98 Å². The highest BCUT2D eigenvalue weighted by molar-refractivity contribution is 7.89. The Morgan fingerprint density at radius 1 is 0.831 bits per heavy atom. The summed E-state index contributed by atoms with van der Waals surface area (Å²) in [6.45, 7) is 7.43. The van der Waals surface area contributed by atoms with Gasteiger partial charge in [0, 0.05) is 18.9 Å². The van der Waals surface area contributed by atoms with E-state index in [-0.39, 0.29) is 33.8 Å². The Labute approximate surface area is 336 Å². The first kappa shape index (κ1) is 45.0. The molecule has 0 unspecified atom stereocenters. The van der Waals surface area contributed by atoms with Crippen molar-refractivity contribution in [1.29, 1.82) is 0 Å². The molecule has 1 aliphatic rings. The Morgan fingerprint density at radius 2 is 1.44 bits per heavy atom. The van der Waals surface area contributed by atoms with Crippen molar-refractivity contribution in [2.24, 2.45) is 0 Å². The number of methoxy groups -OCH3 is 1. The van der Waals surface area contributed by atoms with Crippen LogP contribution in [0, 0.1) is 29.1 Å². The number of hydrogen-bond donors (Lipinski definition) is 0. The molecule has 4 aromatic rings. The molecule has 318 valence electrons. The topological polar surface area (TPSA) is 106 Å². The molecule has 9 nitrogen and oxygen atoms in total. The minimum atomic E-state index is -6.05. The summed E-state index contributed by atoms with van der Waals surface area (Å²) in [5.41, 5.74) is -1.49. The van der Waals surface area contributed by atoms with Crippen LogP contribution in [0.1, 0.15) is 98.5 Å². The molecule has 0 saturated heterocycles. The van der Waals surface area contributed by atoms with Crippen molar-refractivity contribution in [2.45, 2.75) is 95.5 Å². The third-order valence-corrected chi connectivity index (χ3v) is 11.1. The van der Waals surface area contributed by atoms with Crippen LogP contribution < -0.4 is 9.64 Å². The molecule has 1 fully saturated rings. The average molecular weight is 856 g/mol. The Kier molecular flexibility index (Phi) is 12.6. The SMILES string of the molecule is COc1cc(C(=O)OC(C)(C)C)ccc1N(Cc1cc(C2CC2)cc(C(C)(C)C)c1)C(=O)CN(Cc1cnccc1C(F)(F)F)S(=O)(=O)c1c(F)c(F)c(F)c(F)c1F. The molecular weight excluding hydrogens is 815 g/mol. The first-order valence-corrected chi connectivity index (χ1v) is 19.6. The number of pyridine rings is 1. The molecule has 18 heteroatoms. The van der Waals surface area contributed by atoms with Gasteiger partial charge in [-0.05, 0) is 91.5 Å². The number of nitrogens with zero attached hydrogens (tertiary/aromatic N) is 3. The van der Waals surface area contributed by atoms with Gasteiger partial charge in [-0.3, -0.25) is 9.78 Å². The van der Waals surface area contributed by atoms with Crippen LogP contribution in [0.2, 0.25) is 0 Å². The molecule has 0 atom stereocenters. The lowest BCUT2D eigenvalue weighted by Gasteiger charge is -2.30. The second-order valence-electron chi connectivity index (χ2n) is 16.1. The zero-order chi connectivity index (χ0) is 44.0. The summed E-state index contributed by atoms with van der Waals surface area (Å²) in [5.74, 6) is -15.5. The van der Waals surface area contributed by atoms with Gasteiger partial charge in [0.25, 0.3) is 0 Å². The van der Waals surface area contributed by atoms with Gasteiger partial charge in [-0.15, -0.1) is 0 Å². The highest BCUT2D eigenvalue weighted by Crippen LogP contribution is 2.43. The third-order valence-electron chi connectivity index (χ3n) is 9.31. The molecule has 3 aromatic carbocycles. The Morgan fingerprint density at radius 3 is 1.98 bits per heavy atom. The largest absolute Gasteiger partial charge is 0.495 e. The number of rotatable bonds is 12. The molecular formula is C41H41F8N3O6S. The maximum absolute atomic E-state index is 15.2. The van der Waals surface area contributed by atoms with Crippen molar-refractivity contribution in [2.75, 3.05) is 18.6 Å². The Balaban J connectivity index is 1.71. The summed E-state index contributed by atoms with van der Waals surface area (Å²) in [6.07, 6.45) is -2.03. The molecule has 1 aromatic heterocycles. The number of hydrogen-bond acceptors (Lipinski definition) is 7. The standard InChI is InChI=1S/C41H41F8N3O6S/c1-39(2,3)27-15-22(14-25(16-27)23-8-9-23)19-52(29-11-10-24(17-30(29)57-7)38(54)58-40(4,5)6)31(53)21-51(20-26-18-50-13-12-28(26)41(47,48)49)59(55,56)37-35(45)33(43)32(42)34(44)36(37)46/h10-18,23H,8-9,19-21H2,1-7H3. The third kappa shape index (κ3) is 10.0. The van der Waals surface area contributed by atoms with Crippen LogP contribution in [0.3, 0.4) is 0 Å². The van der Waals surface area contributed by atoms with E-state index in [0.29, 0.717) is 17.8 Å². The van der Waals surface area contributed by atoms with Crippen LogP contribution in [0.4, 0.5) is 40.8 Å². The van der Waals surface area contributed by atoms with Crippen molar-refractivity contribution >= 4 is 27.6 Å². The van der Waals surface area contributed by atoms with Gasteiger partial charge in [0.15, 0.2) is 28.2 Å². The molecule has 0 N–H and O–H groups in total. The second-order valence-corrected chi connectivity index (χ2v) is 17.9. The lowest BCUT2D eigenvalue weighted by atomic mass is 9.84. The molecule has 0 radical (unpaired) electrons. The predicted molar refractivity (Wildman–Crippen MR) is 200 cm³/mol. The summed E-state index contributed by atoms with van der Waals surface area (Å²) in [5, 5.41) is 0. The first-order chi connectivity index (χ1) is 27.2. The van der Waals surface area contributed by atoms with E-state index >= 15 is 8.78 Å². The number of alkyl halides is 3. The molecule has 0 aliphatic heterocycles. The van der Waals surface area contributed by atoms with E-state index in [0.717, 1.165) is 35.1 Å². The zero-order valence-corrected chi connectivity index (χ0v) is 33.8. The lowest BCUT2D eigenvalue weighted by Crippen LogP contribution is -2.43. The van der Waals surface area contributed by atoms with Crippen molar-refractivity contribution in [3.63, 3.8) is 0 Å². The van der Waals surface area contributed by atoms with Crippen LogP contribution in [0.15, 0.2) is 59.8 Å². The van der Waals surface area contributed by atoms with Gasteiger partial charge in [-0.1, -0.05) is 39.0 Å². The quantitative estimate of drug-likeness (QED) is 0.0606. The van der Waals surface area contributed by atoms with Gasteiger partial charge in [0.1, 0.15) is 11.4 Å². The average Bonchev–Trinajstić information content (AvgIpc) is 3.99. The molecule has 59 heavy (non-hydrogen) atoms. The lowest BCUT2D eigenvalue weighted by molar-refractivity contribution is -0.138. The van der Waals surface area contributed by atoms with Crippen LogP contribution >= 0.6 is 0 Å². The summed E-state index contributed by atoms with van der Waals surface area (Å²) in [4.78, 5) is 29.9. The fourth-order valence-electron chi connectivity index (χ4n) is 6.17. The maximum Gasteiger partial charge on any atom is 0.416 e. The number of aromatic nitrogens is 1. The van der Waals surface area contributed by atoms with Crippen LogP contribution in [-0.4, -0.2) is 48.8 Å².